The standard InChI is InChI=1S/C17H12Cl2N2O2/c1-22-15-8-3-2-7-13(15)16-20-17(23-21-16)14(19)10-11-5-4-6-12(18)9-11/h2-10H,1H3/b14-10-. The number of para-hydroxylation sites is 1. The van der Waals surface area contributed by atoms with E-state index in [0.717, 1.165) is 11.1 Å². The fourth-order valence-corrected chi connectivity index (χ4v) is 2.47. The Morgan fingerprint density at radius 3 is 2.78 bits per heavy atom. The number of rotatable bonds is 4. The molecule has 0 spiro atoms. The van der Waals surface area contributed by atoms with Crippen molar-refractivity contribution in [2.24, 2.45) is 0 Å². The topological polar surface area (TPSA) is 48.2 Å². The lowest BCUT2D eigenvalue weighted by molar-refractivity contribution is 0.406. The number of halogens is 2. The third-order valence-electron chi connectivity index (χ3n) is 3.12. The molecule has 1 heterocycles. The minimum Gasteiger partial charge on any atom is -0.496 e. The van der Waals surface area contributed by atoms with Crippen LogP contribution in [0.4, 0.5) is 0 Å². The lowest BCUT2D eigenvalue weighted by atomic mass is 10.2. The van der Waals surface area contributed by atoms with Crippen LogP contribution >= 0.6 is 23.2 Å². The Morgan fingerprint density at radius 1 is 1.17 bits per heavy atom. The first-order valence-electron chi connectivity index (χ1n) is 6.77. The van der Waals surface area contributed by atoms with E-state index < -0.39 is 0 Å². The molecule has 0 aliphatic heterocycles. The van der Waals surface area contributed by atoms with Crippen LogP contribution in [0, 0.1) is 0 Å². The van der Waals surface area contributed by atoms with Crippen molar-refractivity contribution < 1.29 is 9.26 Å². The van der Waals surface area contributed by atoms with Crippen molar-refractivity contribution in [2.45, 2.75) is 0 Å². The minimum absolute atomic E-state index is 0.229. The van der Waals surface area contributed by atoms with Crippen molar-refractivity contribution in [1.82, 2.24) is 10.1 Å². The van der Waals surface area contributed by atoms with Gasteiger partial charge in [-0.15, -0.1) is 0 Å². The van der Waals surface area contributed by atoms with Gasteiger partial charge >= 0.3 is 0 Å². The molecule has 0 radical (unpaired) electrons. The van der Waals surface area contributed by atoms with E-state index in [0.29, 0.717) is 21.6 Å². The first-order chi connectivity index (χ1) is 11.2. The third kappa shape index (κ3) is 3.55. The van der Waals surface area contributed by atoms with Crippen LogP contribution in [0.3, 0.4) is 0 Å². The van der Waals surface area contributed by atoms with Gasteiger partial charge in [-0.2, -0.15) is 4.98 Å². The summed E-state index contributed by atoms with van der Waals surface area (Å²) in [6.45, 7) is 0. The van der Waals surface area contributed by atoms with Crippen LogP contribution in [-0.4, -0.2) is 17.3 Å². The van der Waals surface area contributed by atoms with Gasteiger partial charge in [0.05, 0.1) is 12.7 Å². The summed E-state index contributed by atoms with van der Waals surface area (Å²) in [5, 5.41) is 4.92. The Hall–Kier alpha value is -2.30. The molecule has 0 N–H and O–H groups in total. The summed E-state index contributed by atoms with van der Waals surface area (Å²) in [6, 6.07) is 14.7. The third-order valence-corrected chi connectivity index (χ3v) is 3.63. The zero-order valence-electron chi connectivity index (χ0n) is 12.2. The van der Waals surface area contributed by atoms with E-state index in [-0.39, 0.29) is 5.89 Å². The van der Waals surface area contributed by atoms with E-state index in [2.05, 4.69) is 10.1 Å². The van der Waals surface area contributed by atoms with Crippen LogP contribution in [0.2, 0.25) is 5.02 Å². The molecule has 3 rings (SSSR count). The number of aromatic nitrogens is 2. The molecule has 1 aromatic heterocycles. The van der Waals surface area contributed by atoms with E-state index in [9.17, 15) is 0 Å². The highest BCUT2D eigenvalue weighted by Crippen LogP contribution is 2.29. The van der Waals surface area contributed by atoms with Gasteiger partial charge in [0.25, 0.3) is 5.89 Å². The number of benzene rings is 2. The maximum atomic E-state index is 6.26. The van der Waals surface area contributed by atoms with Gasteiger partial charge in [0, 0.05) is 5.02 Å². The summed E-state index contributed by atoms with van der Waals surface area (Å²) in [6.07, 6.45) is 1.72. The van der Waals surface area contributed by atoms with Crippen LogP contribution in [0.25, 0.3) is 22.5 Å². The number of ether oxygens (including phenoxy) is 1. The van der Waals surface area contributed by atoms with Crippen molar-refractivity contribution in [2.75, 3.05) is 7.11 Å². The van der Waals surface area contributed by atoms with Gasteiger partial charge in [-0.3, -0.25) is 0 Å². The minimum atomic E-state index is 0.229. The second-order valence-electron chi connectivity index (χ2n) is 4.67. The van der Waals surface area contributed by atoms with Gasteiger partial charge in [0.1, 0.15) is 10.8 Å². The first kappa shape index (κ1) is 15.6. The van der Waals surface area contributed by atoms with Crippen molar-refractivity contribution in [3.05, 3.63) is 65.0 Å². The van der Waals surface area contributed by atoms with Crippen molar-refractivity contribution in [1.29, 1.82) is 0 Å². The summed E-state index contributed by atoms with van der Waals surface area (Å²) < 4.78 is 10.5. The smallest absolute Gasteiger partial charge is 0.269 e. The maximum absolute atomic E-state index is 6.26. The van der Waals surface area contributed by atoms with E-state index >= 15 is 0 Å². The summed E-state index contributed by atoms with van der Waals surface area (Å²) >= 11 is 12.2. The average Bonchev–Trinajstić information content (AvgIpc) is 3.05. The van der Waals surface area contributed by atoms with E-state index in [1.165, 1.54) is 0 Å². The SMILES string of the molecule is COc1ccccc1-c1noc(/C(Cl)=C/c2cccc(Cl)c2)n1. The number of methoxy groups -OCH3 is 1. The molecular formula is C17H12Cl2N2O2. The predicted octanol–water partition coefficient (Wildman–Crippen LogP) is 5.14. The van der Waals surface area contributed by atoms with Gasteiger partial charge in [0.2, 0.25) is 5.82 Å². The summed E-state index contributed by atoms with van der Waals surface area (Å²) in [7, 11) is 1.59. The zero-order chi connectivity index (χ0) is 16.2. The van der Waals surface area contributed by atoms with Crippen molar-refractivity contribution in [3.8, 4) is 17.1 Å². The van der Waals surface area contributed by atoms with Crippen LogP contribution in [0.1, 0.15) is 11.5 Å². The Labute approximate surface area is 143 Å². The molecule has 23 heavy (non-hydrogen) atoms. The Kier molecular flexibility index (Phi) is 4.65. The average molecular weight is 347 g/mol. The monoisotopic (exact) mass is 346 g/mol. The van der Waals surface area contributed by atoms with Gasteiger partial charge in [-0.25, -0.2) is 0 Å². The van der Waals surface area contributed by atoms with Crippen LogP contribution < -0.4 is 4.74 Å². The Morgan fingerprint density at radius 2 is 2.00 bits per heavy atom. The quantitative estimate of drug-likeness (QED) is 0.656. The Bertz CT molecular complexity index is 859. The molecule has 0 unspecified atom stereocenters. The predicted molar refractivity (Wildman–Crippen MR) is 91.5 cm³/mol. The lowest BCUT2D eigenvalue weighted by Gasteiger charge is -2.02. The summed E-state index contributed by atoms with van der Waals surface area (Å²) in [5.74, 6) is 1.30. The molecule has 0 saturated carbocycles. The van der Waals surface area contributed by atoms with Crippen LogP contribution in [-0.2, 0) is 0 Å². The fourth-order valence-electron chi connectivity index (χ4n) is 2.06. The largest absolute Gasteiger partial charge is 0.496 e. The number of hydrogen-bond donors (Lipinski definition) is 0. The van der Waals surface area contributed by atoms with Gasteiger partial charge in [0.15, 0.2) is 0 Å². The van der Waals surface area contributed by atoms with Gasteiger partial charge in [-0.1, -0.05) is 52.6 Å². The van der Waals surface area contributed by atoms with Gasteiger partial charge in [-0.05, 0) is 35.9 Å². The highest BCUT2D eigenvalue weighted by molar-refractivity contribution is 6.50. The molecule has 3 aromatic rings. The van der Waals surface area contributed by atoms with Crippen LogP contribution in [0.15, 0.2) is 53.1 Å². The maximum Gasteiger partial charge on any atom is 0.269 e. The molecule has 0 aliphatic rings. The van der Waals surface area contributed by atoms with E-state index in [1.54, 1.807) is 25.3 Å². The summed E-state index contributed by atoms with van der Waals surface area (Å²) in [4.78, 5) is 4.32. The normalized spacial score (nSPS) is 11.5. The fraction of sp³-hybridized carbons (Fsp3) is 0.0588. The summed E-state index contributed by atoms with van der Waals surface area (Å²) in [5.41, 5.74) is 1.58. The van der Waals surface area contributed by atoms with Gasteiger partial charge < -0.3 is 9.26 Å². The molecule has 0 amide bonds. The lowest BCUT2D eigenvalue weighted by Crippen LogP contribution is -1.88. The zero-order valence-corrected chi connectivity index (χ0v) is 13.7. The molecule has 2 aromatic carbocycles. The molecular weight excluding hydrogens is 335 g/mol. The Balaban J connectivity index is 1.92. The molecule has 4 nitrogen and oxygen atoms in total. The molecule has 0 bridgehead atoms. The molecule has 0 saturated heterocycles. The highest BCUT2D eigenvalue weighted by atomic mass is 35.5. The second-order valence-corrected chi connectivity index (χ2v) is 5.51. The van der Waals surface area contributed by atoms with Crippen molar-refractivity contribution >= 4 is 34.3 Å². The number of hydrogen-bond acceptors (Lipinski definition) is 4. The molecule has 0 aliphatic carbocycles. The molecule has 116 valence electrons. The molecule has 0 fully saturated rings. The van der Waals surface area contributed by atoms with E-state index in [1.807, 2.05) is 36.4 Å². The molecule has 6 heteroatoms. The van der Waals surface area contributed by atoms with E-state index in [4.69, 9.17) is 32.5 Å². The highest BCUT2D eigenvalue weighted by Gasteiger charge is 2.14. The second kappa shape index (κ2) is 6.86. The molecule has 0 atom stereocenters. The van der Waals surface area contributed by atoms with Crippen LogP contribution in [0.5, 0.6) is 5.75 Å². The first-order valence-corrected chi connectivity index (χ1v) is 7.53. The van der Waals surface area contributed by atoms with Crippen molar-refractivity contribution in [3.63, 3.8) is 0 Å². The number of nitrogens with zero attached hydrogens (tertiary/aromatic N) is 2.